The van der Waals surface area contributed by atoms with E-state index in [1.54, 1.807) is 0 Å². The molecule has 0 fully saturated rings. The minimum atomic E-state index is -5.28. The topological polar surface area (TPSA) is 26.3 Å². The Bertz CT molecular complexity index is 1250. The van der Waals surface area contributed by atoms with Gasteiger partial charge in [-0.2, -0.15) is 0 Å². The monoisotopic (exact) mass is 568 g/mol. The van der Waals surface area contributed by atoms with Crippen molar-refractivity contribution in [2.45, 2.75) is 0 Å². The quantitative estimate of drug-likeness (QED) is 0.282. The Kier molecular flexibility index (Phi) is 6.28. The first-order valence-electron chi connectivity index (χ1n) is 11.4. The zero-order chi connectivity index (χ0) is 24.2. The normalized spacial score (nSPS) is 12.3. The average Bonchev–Trinajstić information content (AvgIpc) is 2.94. The molecule has 5 aromatic carbocycles. The second-order valence-corrected chi connectivity index (χ2v) is 20.6. The Morgan fingerprint density at radius 1 is 0.486 bits per heavy atom. The van der Waals surface area contributed by atoms with Gasteiger partial charge in [0.05, 0.1) is 0 Å². The van der Waals surface area contributed by atoms with Gasteiger partial charge in [-0.25, -0.2) is 0 Å². The van der Waals surface area contributed by atoms with Crippen molar-refractivity contribution in [2.24, 2.45) is 0 Å². The summed E-state index contributed by atoms with van der Waals surface area (Å²) in [5.41, 5.74) is 0.309. The van der Waals surface area contributed by atoms with Crippen molar-refractivity contribution in [1.29, 1.82) is 0 Å². The van der Waals surface area contributed by atoms with Gasteiger partial charge in [0.15, 0.2) is 0 Å². The molecule has 35 heavy (non-hydrogen) atoms. The van der Waals surface area contributed by atoms with Crippen LogP contribution in [0.5, 0.6) is 0 Å². The molecule has 0 aliphatic carbocycles. The van der Waals surface area contributed by atoms with E-state index in [9.17, 15) is 9.18 Å². The van der Waals surface area contributed by atoms with Crippen molar-refractivity contribution in [2.75, 3.05) is 0 Å². The van der Waals surface area contributed by atoms with Crippen molar-refractivity contribution < 1.29 is 12.2 Å². The molecule has 2 nitrogen and oxygen atoms in total. The molecule has 0 aliphatic heterocycles. The summed E-state index contributed by atoms with van der Waals surface area (Å²) in [6, 6.07) is 45.8. The Balaban J connectivity index is 1.96. The molecular weight excluding hydrogens is 545 g/mol. The predicted molar refractivity (Wildman–Crippen MR) is 142 cm³/mol. The van der Waals surface area contributed by atoms with Gasteiger partial charge in [0.25, 0.3) is 0 Å². The molecule has 172 valence electrons. The van der Waals surface area contributed by atoms with Gasteiger partial charge in [-0.15, -0.1) is 0 Å². The van der Waals surface area contributed by atoms with E-state index in [1.165, 1.54) is 24.3 Å². The molecule has 0 unspecified atom stereocenters. The maximum absolute atomic E-state index is 14.0. The fourth-order valence-corrected chi connectivity index (χ4v) is 20.8. The molecule has 4 heteroatoms. The third-order valence-corrected chi connectivity index (χ3v) is 22.5. The maximum atomic E-state index is 14.0. The molecule has 0 saturated carbocycles. The van der Waals surface area contributed by atoms with Gasteiger partial charge in [0.2, 0.25) is 0 Å². The van der Waals surface area contributed by atoms with E-state index < -0.39 is 29.6 Å². The van der Waals surface area contributed by atoms with Crippen LogP contribution < -0.4 is 14.0 Å². The molecule has 5 aromatic rings. The Labute approximate surface area is 206 Å². The number of benzene rings is 5. The SMILES string of the molecule is O=C([O][Sb]([c]1ccccc1)([c]1ccccc1)([c]1ccccc1)[c]1ccccc1)c1ccc(F)cc1. The Morgan fingerprint density at radius 3 is 1.11 bits per heavy atom. The molecule has 0 amide bonds. The molecule has 0 aromatic heterocycles. The standard InChI is InChI=1S/C7H5FO2.4C6H5.Sb/c8-6-3-1-5(2-4-6)7(9)10;4*1-2-4-6-5-3-1;/h1-4H,(H,9,10);4*1-5H;/q;;;;;+1/p-1. The van der Waals surface area contributed by atoms with E-state index in [1.807, 2.05) is 72.8 Å². The third kappa shape index (κ3) is 3.77. The van der Waals surface area contributed by atoms with E-state index >= 15 is 0 Å². The summed E-state index contributed by atoms with van der Waals surface area (Å²) in [5, 5.41) is 0. The summed E-state index contributed by atoms with van der Waals surface area (Å²) in [7, 11) is 0. The summed E-state index contributed by atoms with van der Waals surface area (Å²) in [5.74, 6) is -0.880. The van der Waals surface area contributed by atoms with Gasteiger partial charge >= 0.3 is 207 Å². The molecule has 0 radical (unpaired) electrons. The van der Waals surface area contributed by atoms with E-state index in [4.69, 9.17) is 3.02 Å². The van der Waals surface area contributed by atoms with Gasteiger partial charge in [-0.3, -0.25) is 0 Å². The molecular formula is C31H24FO2Sb. The van der Waals surface area contributed by atoms with Crippen LogP contribution in [0.2, 0.25) is 0 Å². The van der Waals surface area contributed by atoms with Crippen molar-refractivity contribution >= 4 is 37.8 Å². The van der Waals surface area contributed by atoms with E-state index in [0.29, 0.717) is 5.56 Å². The van der Waals surface area contributed by atoms with Crippen LogP contribution in [0.25, 0.3) is 0 Å². The summed E-state index contributed by atoms with van der Waals surface area (Å²) >= 11 is -5.28. The first kappa shape index (κ1) is 23.1. The van der Waals surface area contributed by atoms with Crippen LogP contribution in [-0.4, -0.2) is 23.8 Å². The number of halogens is 1. The Morgan fingerprint density at radius 2 is 0.800 bits per heavy atom. The van der Waals surface area contributed by atoms with Crippen molar-refractivity contribution in [3.8, 4) is 0 Å². The van der Waals surface area contributed by atoms with Crippen LogP contribution in [0.4, 0.5) is 4.39 Å². The fourth-order valence-electron chi connectivity index (χ4n) is 4.76. The van der Waals surface area contributed by atoms with Crippen molar-refractivity contribution in [1.82, 2.24) is 0 Å². The summed E-state index contributed by atoms with van der Waals surface area (Å²) in [6.45, 7) is 0. The zero-order valence-electron chi connectivity index (χ0n) is 19.0. The zero-order valence-corrected chi connectivity index (χ0v) is 21.6. The first-order valence-corrected chi connectivity index (χ1v) is 17.5. The van der Waals surface area contributed by atoms with E-state index in [2.05, 4.69) is 48.5 Å². The van der Waals surface area contributed by atoms with Crippen molar-refractivity contribution in [3.63, 3.8) is 0 Å². The van der Waals surface area contributed by atoms with Gasteiger partial charge in [0, 0.05) is 0 Å². The number of hydrogen-bond donors (Lipinski definition) is 0. The van der Waals surface area contributed by atoms with Gasteiger partial charge < -0.3 is 0 Å². The first-order chi connectivity index (χ1) is 17.1. The predicted octanol–water partition coefficient (Wildman–Crippen LogP) is 4.51. The summed E-state index contributed by atoms with van der Waals surface area (Å²) in [6.07, 6.45) is 0. The molecule has 0 spiro atoms. The molecule has 0 saturated heterocycles. The van der Waals surface area contributed by atoms with Crippen LogP contribution in [0.1, 0.15) is 10.4 Å². The molecule has 0 atom stereocenters. The van der Waals surface area contributed by atoms with Gasteiger partial charge in [0.1, 0.15) is 0 Å². The van der Waals surface area contributed by atoms with Gasteiger partial charge in [-0.05, 0) is 0 Å². The number of carbonyl (C=O) groups excluding carboxylic acids is 1. The summed E-state index contributed by atoms with van der Waals surface area (Å²) < 4.78 is 24.6. The molecule has 0 bridgehead atoms. The molecule has 0 heterocycles. The second-order valence-electron chi connectivity index (χ2n) is 8.26. The minimum absolute atomic E-state index is 0.309. The molecule has 0 aliphatic rings. The van der Waals surface area contributed by atoms with Crippen LogP contribution in [0, 0.1) is 5.82 Å². The fraction of sp³-hybridized carbons (Fsp3) is 0. The summed E-state index contributed by atoms with van der Waals surface area (Å²) in [4.78, 5) is 14.0. The molecule has 0 N–H and O–H groups in total. The second kappa shape index (κ2) is 9.52. The number of hydrogen-bond acceptors (Lipinski definition) is 2. The van der Waals surface area contributed by atoms with Crippen LogP contribution >= 0.6 is 0 Å². The molecule has 5 rings (SSSR count). The van der Waals surface area contributed by atoms with Crippen LogP contribution in [-0.2, 0) is 3.02 Å². The van der Waals surface area contributed by atoms with Gasteiger partial charge in [-0.1, -0.05) is 0 Å². The number of rotatable bonds is 6. The average molecular weight is 569 g/mol. The third-order valence-electron chi connectivity index (χ3n) is 6.34. The Hall–Kier alpha value is -3.68. The van der Waals surface area contributed by atoms with Crippen molar-refractivity contribution in [3.05, 3.63) is 157 Å². The number of carbonyl (C=O) groups is 1. The van der Waals surface area contributed by atoms with E-state index in [-0.39, 0.29) is 0 Å². The van der Waals surface area contributed by atoms with E-state index in [0.717, 1.165) is 14.0 Å². The van der Waals surface area contributed by atoms with Crippen LogP contribution in [0.3, 0.4) is 0 Å². The van der Waals surface area contributed by atoms with Crippen LogP contribution in [0.15, 0.2) is 146 Å².